The number of nitrogens with zero attached hydrogens (tertiary/aromatic N) is 2. The van der Waals surface area contributed by atoms with Gasteiger partial charge in [-0.05, 0) is 17.5 Å². The van der Waals surface area contributed by atoms with Gasteiger partial charge in [-0.15, -0.1) is 5.10 Å². The third-order valence-electron chi connectivity index (χ3n) is 6.23. The lowest BCUT2D eigenvalue weighted by molar-refractivity contribution is -0.308. The average molecular weight is 568 g/mol. The van der Waals surface area contributed by atoms with E-state index in [1.165, 1.54) is 0 Å². The zero-order valence-electron chi connectivity index (χ0n) is 21.0. The van der Waals surface area contributed by atoms with Gasteiger partial charge in [-0.2, -0.15) is 13.2 Å². The number of aliphatic hydroxyl groups excluding tert-OH is 2. The highest BCUT2D eigenvalue weighted by Crippen LogP contribution is 2.41. The number of alkyl halides is 5. The predicted octanol–water partition coefficient (Wildman–Crippen LogP) is 2.51. The van der Waals surface area contributed by atoms with E-state index in [2.05, 4.69) is 14.6 Å². The van der Waals surface area contributed by atoms with Gasteiger partial charge in [-0.25, -0.2) is 18.3 Å². The van der Waals surface area contributed by atoms with Gasteiger partial charge >= 0.3 is 12.3 Å². The summed E-state index contributed by atoms with van der Waals surface area (Å²) >= 11 is 0. The van der Waals surface area contributed by atoms with Crippen molar-refractivity contribution in [2.45, 2.75) is 56.1 Å². The van der Waals surface area contributed by atoms with E-state index in [1.54, 1.807) is 24.3 Å². The number of aliphatic hydroxyl groups is 3. The third kappa shape index (κ3) is 6.77. The number of benzene rings is 1. The lowest BCUT2D eigenvalue weighted by atomic mass is 9.97. The van der Waals surface area contributed by atoms with E-state index in [0.717, 1.165) is 12.7 Å². The number of methoxy groups -OCH3 is 1. The molecular formula is C24H29F5N2O8. The zero-order valence-corrected chi connectivity index (χ0v) is 21.0. The van der Waals surface area contributed by atoms with Crippen LogP contribution in [0.4, 0.5) is 26.7 Å². The van der Waals surface area contributed by atoms with Gasteiger partial charge in [0, 0.05) is 6.42 Å². The monoisotopic (exact) mass is 568 g/mol. The van der Waals surface area contributed by atoms with E-state index in [-0.39, 0.29) is 4.68 Å². The molecule has 1 aromatic carbocycles. The Balaban J connectivity index is 2.01. The number of ether oxygens (including phenoxy) is 4. The van der Waals surface area contributed by atoms with E-state index in [1.807, 2.05) is 6.92 Å². The molecule has 10 nitrogen and oxygen atoms in total. The summed E-state index contributed by atoms with van der Waals surface area (Å²) in [4.78, 5) is 11.2. The second-order valence-corrected chi connectivity index (χ2v) is 8.88. The Labute approximate surface area is 219 Å². The molecule has 1 fully saturated rings. The highest BCUT2D eigenvalue weighted by molar-refractivity contribution is 5.59. The first kappa shape index (κ1) is 30.5. The largest absolute Gasteiger partial charge is 0.508 e. The van der Waals surface area contributed by atoms with Crippen LogP contribution in [0.5, 0.6) is 5.88 Å². The van der Waals surface area contributed by atoms with Crippen molar-refractivity contribution in [2.24, 2.45) is 0 Å². The average Bonchev–Trinajstić information content (AvgIpc) is 3.25. The molecule has 1 aliphatic heterocycles. The zero-order chi connectivity index (χ0) is 29.0. The van der Waals surface area contributed by atoms with Crippen LogP contribution >= 0.6 is 0 Å². The maximum atomic E-state index is 14.2. The minimum atomic E-state index is -5.14. The van der Waals surface area contributed by atoms with Gasteiger partial charge in [0.1, 0.15) is 50.9 Å². The Morgan fingerprint density at radius 2 is 1.82 bits per heavy atom. The molecule has 3 rings (SSSR count). The number of carbonyl (C=O) groups is 1. The molecule has 3 N–H and O–H groups in total. The van der Waals surface area contributed by atoms with E-state index in [0.29, 0.717) is 12.0 Å². The Morgan fingerprint density at radius 3 is 2.36 bits per heavy atom. The van der Waals surface area contributed by atoms with Crippen molar-refractivity contribution in [3.05, 3.63) is 46.6 Å². The van der Waals surface area contributed by atoms with E-state index in [9.17, 15) is 42.1 Å². The van der Waals surface area contributed by atoms with E-state index >= 15 is 0 Å². The highest BCUT2D eigenvalue weighted by atomic mass is 19.4. The molecule has 2 aromatic rings. The lowest BCUT2D eigenvalue weighted by Gasteiger charge is -2.42. The molecule has 0 radical (unpaired) electrons. The van der Waals surface area contributed by atoms with Crippen molar-refractivity contribution in [1.29, 1.82) is 0 Å². The van der Waals surface area contributed by atoms with Crippen molar-refractivity contribution in [2.75, 3.05) is 33.7 Å². The van der Waals surface area contributed by atoms with Crippen molar-refractivity contribution in [3.63, 3.8) is 0 Å². The van der Waals surface area contributed by atoms with Gasteiger partial charge in [0.25, 0.3) is 5.79 Å². The standard InChI is InChI=1S/C24H29F5N2O8/c1-3-13-4-6-14(7-5-13)8-16-19(24(27,28)29)31(15(9-25)10-26)30-21(16)39-23(35)12-38-17(18(32)20(23)33)11-37-22(34)36-2/h4-7,15,17-18,20,32-33,35H,3,8-12H2,1-2H3. The van der Waals surface area contributed by atoms with Crippen LogP contribution in [-0.4, -0.2) is 89.0 Å². The van der Waals surface area contributed by atoms with Crippen LogP contribution in [0.2, 0.25) is 0 Å². The van der Waals surface area contributed by atoms with Gasteiger partial charge < -0.3 is 34.3 Å². The lowest BCUT2D eigenvalue weighted by Crippen LogP contribution is -2.64. The number of hydrogen-bond donors (Lipinski definition) is 3. The minimum Gasteiger partial charge on any atom is -0.438 e. The predicted molar refractivity (Wildman–Crippen MR) is 123 cm³/mol. The van der Waals surface area contributed by atoms with Crippen molar-refractivity contribution < 1.29 is 61.0 Å². The van der Waals surface area contributed by atoms with Crippen molar-refractivity contribution in [3.8, 4) is 5.88 Å². The van der Waals surface area contributed by atoms with Crippen LogP contribution in [0.15, 0.2) is 24.3 Å². The fraction of sp³-hybridized carbons (Fsp3) is 0.583. The summed E-state index contributed by atoms with van der Waals surface area (Å²) in [7, 11) is 1.03. The molecule has 39 heavy (non-hydrogen) atoms. The van der Waals surface area contributed by atoms with Crippen LogP contribution in [0, 0.1) is 0 Å². The molecular weight excluding hydrogens is 539 g/mol. The molecule has 0 saturated carbocycles. The molecule has 0 aliphatic carbocycles. The number of aryl methyl sites for hydroxylation is 1. The number of hydrogen-bond acceptors (Lipinski definition) is 9. The first-order chi connectivity index (χ1) is 18.4. The topological polar surface area (TPSA) is 133 Å². The Kier molecular flexibility index (Phi) is 9.74. The fourth-order valence-corrected chi connectivity index (χ4v) is 4.02. The normalized spacial score (nSPS) is 23.6. The molecule has 1 aliphatic rings. The van der Waals surface area contributed by atoms with Gasteiger partial charge in [-0.1, -0.05) is 31.2 Å². The highest BCUT2D eigenvalue weighted by Gasteiger charge is 2.52. The quantitative estimate of drug-likeness (QED) is 0.225. The third-order valence-corrected chi connectivity index (χ3v) is 6.23. The van der Waals surface area contributed by atoms with Crippen LogP contribution in [0.1, 0.15) is 35.3 Å². The molecule has 0 spiro atoms. The van der Waals surface area contributed by atoms with Gasteiger partial charge in [-0.3, -0.25) is 0 Å². The van der Waals surface area contributed by atoms with E-state index in [4.69, 9.17) is 9.47 Å². The summed E-state index contributed by atoms with van der Waals surface area (Å²) in [6, 6.07) is 4.56. The molecule has 4 unspecified atom stereocenters. The Hall–Kier alpha value is -3.01. The molecule has 15 heteroatoms. The molecule has 1 aromatic heterocycles. The molecule has 4 atom stereocenters. The number of halogens is 5. The van der Waals surface area contributed by atoms with Crippen molar-refractivity contribution >= 4 is 6.16 Å². The number of rotatable bonds is 10. The maximum absolute atomic E-state index is 14.2. The first-order valence-electron chi connectivity index (χ1n) is 11.9. The Morgan fingerprint density at radius 1 is 1.21 bits per heavy atom. The van der Waals surface area contributed by atoms with Crippen LogP contribution in [0.25, 0.3) is 0 Å². The summed E-state index contributed by atoms with van der Waals surface area (Å²) in [6.07, 6.45) is -11.5. The first-order valence-corrected chi connectivity index (χ1v) is 11.9. The van der Waals surface area contributed by atoms with Gasteiger partial charge in [0.05, 0.1) is 12.7 Å². The number of aromatic nitrogens is 2. The summed E-state index contributed by atoms with van der Waals surface area (Å²) in [5.74, 6) is -3.72. The van der Waals surface area contributed by atoms with Crippen molar-refractivity contribution in [1.82, 2.24) is 9.78 Å². The fourth-order valence-electron chi connectivity index (χ4n) is 4.02. The maximum Gasteiger partial charge on any atom is 0.508 e. The second kappa shape index (κ2) is 12.4. The van der Waals surface area contributed by atoms with Crippen LogP contribution in [0.3, 0.4) is 0 Å². The molecule has 0 bridgehead atoms. The van der Waals surface area contributed by atoms with Crippen LogP contribution < -0.4 is 4.74 Å². The molecule has 0 amide bonds. The van der Waals surface area contributed by atoms with Gasteiger partial charge in [0.2, 0.25) is 5.88 Å². The Bertz CT molecular complexity index is 1110. The van der Waals surface area contributed by atoms with E-state index < -0.39 is 92.6 Å². The molecule has 1 saturated heterocycles. The summed E-state index contributed by atoms with van der Waals surface area (Å²) < 4.78 is 89.3. The summed E-state index contributed by atoms with van der Waals surface area (Å²) in [5.41, 5.74) is -0.887. The summed E-state index contributed by atoms with van der Waals surface area (Å²) in [5, 5.41) is 35.6. The minimum absolute atomic E-state index is 0.105. The van der Waals surface area contributed by atoms with Gasteiger partial charge in [0.15, 0.2) is 5.69 Å². The number of carbonyl (C=O) groups excluding carboxylic acids is 1. The smallest absolute Gasteiger partial charge is 0.438 e. The summed E-state index contributed by atoms with van der Waals surface area (Å²) in [6.45, 7) is -2.67. The second-order valence-electron chi connectivity index (χ2n) is 8.88. The SMILES string of the molecule is CCc1ccc(Cc2c(OC3(O)COC(COC(=O)OC)C(O)C3O)nn(C(CF)CF)c2C(F)(F)F)cc1. The molecule has 218 valence electrons. The van der Waals surface area contributed by atoms with Crippen LogP contribution in [-0.2, 0) is 33.2 Å². The molecule has 2 heterocycles.